The van der Waals surface area contributed by atoms with Crippen molar-refractivity contribution in [3.63, 3.8) is 0 Å². The van der Waals surface area contributed by atoms with Gasteiger partial charge in [0.25, 0.3) is 0 Å². The summed E-state index contributed by atoms with van der Waals surface area (Å²) in [5.74, 6) is 0.558. The van der Waals surface area contributed by atoms with Crippen LogP contribution >= 0.6 is 11.8 Å². The van der Waals surface area contributed by atoms with Gasteiger partial charge in [-0.1, -0.05) is 11.8 Å². The average molecular weight is 262 g/mol. The third kappa shape index (κ3) is 1.91. The van der Waals surface area contributed by atoms with Crippen molar-refractivity contribution in [2.45, 2.75) is 24.0 Å². The molecule has 0 aromatic carbocycles. The van der Waals surface area contributed by atoms with E-state index in [1.165, 1.54) is 11.8 Å². The number of nitrogen functional groups attached to an aromatic ring is 1. The molecule has 0 saturated carbocycles. The Morgan fingerprint density at radius 1 is 1.56 bits per heavy atom. The lowest BCUT2D eigenvalue weighted by Crippen LogP contribution is -2.33. The molecular formula is C8H14N4O2S2. The summed E-state index contributed by atoms with van der Waals surface area (Å²) in [7, 11) is -2.97. The van der Waals surface area contributed by atoms with E-state index in [0.717, 1.165) is 0 Å². The third-order valence-electron chi connectivity index (χ3n) is 2.79. The maximum absolute atomic E-state index is 11.5. The van der Waals surface area contributed by atoms with Gasteiger partial charge in [-0.15, -0.1) is 5.10 Å². The van der Waals surface area contributed by atoms with Gasteiger partial charge in [0.1, 0.15) is 0 Å². The van der Waals surface area contributed by atoms with Crippen LogP contribution in [0, 0.1) is 0 Å². The lowest BCUT2D eigenvalue weighted by Gasteiger charge is -2.22. The van der Waals surface area contributed by atoms with Crippen molar-refractivity contribution in [3.05, 3.63) is 0 Å². The normalized spacial score (nSPS) is 28.4. The molecule has 16 heavy (non-hydrogen) atoms. The molecule has 2 heterocycles. The zero-order chi connectivity index (χ0) is 12.0. The summed E-state index contributed by atoms with van der Waals surface area (Å²) in [4.78, 5) is 4.06. The number of hydrogen-bond acceptors (Lipinski definition) is 6. The summed E-state index contributed by atoms with van der Waals surface area (Å²) < 4.78 is 24.5. The van der Waals surface area contributed by atoms with E-state index in [1.54, 1.807) is 4.68 Å². The molecular weight excluding hydrogens is 248 g/mol. The third-order valence-corrected chi connectivity index (χ3v) is 5.22. The minimum Gasteiger partial charge on any atom is -0.368 e. The summed E-state index contributed by atoms with van der Waals surface area (Å²) in [6.07, 6.45) is 2.39. The molecule has 2 N–H and O–H groups in total. The Morgan fingerprint density at radius 2 is 2.25 bits per heavy atom. The van der Waals surface area contributed by atoms with Gasteiger partial charge in [-0.05, 0) is 19.6 Å². The second kappa shape index (κ2) is 3.63. The van der Waals surface area contributed by atoms with E-state index in [9.17, 15) is 8.42 Å². The summed E-state index contributed by atoms with van der Waals surface area (Å²) in [5, 5.41) is 4.80. The van der Waals surface area contributed by atoms with Gasteiger partial charge in [0.2, 0.25) is 11.1 Å². The van der Waals surface area contributed by atoms with Crippen LogP contribution in [0.2, 0.25) is 0 Å². The number of thioether (sulfide) groups is 1. The molecule has 0 bridgehead atoms. The molecule has 1 aromatic heterocycles. The highest BCUT2D eigenvalue weighted by Gasteiger charge is 2.42. The van der Waals surface area contributed by atoms with Gasteiger partial charge in [-0.25, -0.2) is 13.1 Å². The summed E-state index contributed by atoms with van der Waals surface area (Å²) >= 11 is 1.39. The SMILES string of the molecule is CSc1nc(N)n(C2(C)CCS(=O)(=O)C2)n1. The van der Waals surface area contributed by atoms with Gasteiger partial charge in [0, 0.05) is 0 Å². The Balaban J connectivity index is 2.40. The maximum Gasteiger partial charge on any atom is 0.220 e. The van der Waals surface area contributed by atoms with Crippen LogP contribution in [-0.4, -0.2) is 40.9 Å². The smallest absolute Gasteiger partial charge is 0.220 e. The van der Waals surface area contributed by atoms with Gasteiger partial charge in [0.15, 0.2) is 9.84 Å². The zero-order valence-corrected chi connectivity index (χ0v) is 10.8. The molecule has 0 spiro atoms. The highest BCUT2D eigenvalue weighted by Crippen LogP contribution is 2.32. The highest BCUT2D eigenvalue weighted by atomic mass is 32.2. The fourth-order valence-corrected chi connectivity index (χ4v) is 4.41. The summed E-state index contributed by atoms with van der Waals surface area (Å²) in [6, 6.07) is 0. The number of nitrogens with zero attached hydrogens (tertiary/aromatic N) is 3. The van der Waals surface area contributed by atoms with E-state index in [2.05, 4.69) is 10.1 Å². The van der Waals surface area contributed by atoms with E-state index in [4.69, 9.17) is 5.73 Å². The molecule has 6 nitrogen and oxygen atoms in total. The van der Waals surface area contributed by atoms with Crippen molar-refractivity contribution in [2.75, 3.05) is 23.5 Å². The number of sulfone groups is 1. The van der Waals surface area contributed by atoms with Gasteiger partial charge < -0.3 is 5.73 Å². The molecule has 0 amide bonds. The summed E-state index contributed by atoms with van der Waals surface area (Å²) in [5.41, 5.74) is 5.20. The Labute approximate surface area is 98.5 Å². The largest absolute Gasteiger partial charge is 0.368 e. The number of nitrogens with two attached hydrogens (primary N) is 1. The van der Waals surface area contributed by atoms with E-state index in [1.807, 2.05) is 13.2 Å². The van der Waals surface area contributed by atoms with E-state index >= 15 is 0 Å². The first-order valence-electron chi connectivity index (χ1n) is 4.84. The fourth-order valence-electron chi connectivity index (χ4n) is 1.95. The Morgan fingerprint density at radius 3 is 2.69 bits per heavy atom. The van der Waals surface area contributed by atoms with Crippen molar-refractivity contribution < 1.29 is 8.42 Å². The van der Waals surface area contributed by atoms with Crippen molar-refractivity contribution in [2.24, 2.45) is 0 Å². The number of anilines is 1. The van der Waals surface area contributed by atoms with Crippen LogP contribution in [0.5, 0.6) is 0 Å². The molecule has 1 aliphatic heterocycles. The topological polar surface area (TPSA) is 90.9 Å². The zero-order valence-electron chi connectivity index (χ0n) is 9.17. The molecule has 90 valence electrons. The van der Waals surface area contributed by atoms with Crippen LogP contribution in [0.3, 0.4) is 0 Å². The molecule has 0 radical (unpaired) electrons. The first kappa shape index (κ1) is 11.7. The molecule has 1 unspecified atom stereocenters. The van der Waals surface area contributed by atoms with Crippen molar-refractivity contribution in [3.8, 4) is 0 Å². The van der Waals surface area contributed by atoms with Crippen LogP contribution in [-0.2, 0) is 15.4 Å². The van der Waals surface area contributed by atoms with Crippen LogP contribution in [0.4, 0.5) is 5.95 Å². The van der Waals surface area contributed by atoms with Gasteiger partial charge in [0.05, 0.1) is 17.0 Å². The number of hydrogen-bond donors (Lipinski definition) is 1. The second-order valence-corrected chi connectivity index (χ2v) is 7.16. The van der Waals surface area contributed by atoms with Gasteiger partial charge >= 0.3 is 0 Å². The van der Waals surface area contributed by atoms with Crippen molar-refractivity contribution in [1.29, 1.82) is 0 Å². The summed E-state index contributed by atoms with van der Waals surface area (Å²) in [6.45, 7) is 1.85. The molecule has 1 aromatic rings. The van der Waals surface area contributed by atoms with Crippen LogP contribution in [0.25, 0.3) is 0 Å². The monoisotopic (exact) mass is 262 g/mol. The molecule has 8 heteroatoms. The quantitative estimate of drug-likeness (QED) is 0.761. The van der Waals surface area contributed by atoms with Crippen LogP contribution in [0.1, 0.15) is 13.3 Å². The van der Waals surface area contributed by atoms with Crippen LogP contribution in [0.15, 0.2) is 5.16 Å². The van der Waals surface area contributed by atoms with Gasteiger partial charge in [-0.2, -0.15) is 4.98 Å². The maximum atomic E-state index is 11.5. The number of aromatic nitrogens is 3. The minimum atomic E-state index is -2.97. The molecule has 1 saturated heterocycles. The van der Waals surface area contributed by atoms with E-state index in [0.29, 0.717) is 11.6 Å². The predicted molar refractivity (Wildman–Crippen MR) is 63.1 cm³/mol. The van der Waals surface area contributed by atoms with Gasteiger partial charge in [-0.3, -0.25) is 0 Å². The molecule has 1 fully saturated rings. The van der Waals surface area contributed by atoms with Crippen molar-refractivity contribution >= 4 is 27.5 Å². The Kier molecular flexibility index (Phi) is 2.66. The Hall–Kier alpha value is -0.760. The van der Waals surface area contributed by atoms with Crippen LogP contribution < -0.4 is 5.73 Å². The van der Waals surface area contributed by atoms with E-state index < -0.39 is 15.4 Å². The fraction of sp³-hybridized carbons (Fsp3) is 0.750. The van der Waals surface area contributed by atoms with E-state index in [-0.39, 0.29) is 17.5 Å². The van der Waals surface area contributed by atoms with Crippen molar-refractivity contribution in [1.82, 2.24) is 14.8 Å². The number of rotatable bonds is 2. The molecule has 1 aliphatic rings. The predicted octanol–water partition coefficient (Wildman–Crippen LogP) is 0.116. The first-order chi connectivity index (χ1) is 7.36. The molecule has 0 aliphatic carbocycles. The molecule has 2 rings (SSSR count). The lowest BCUT2D eigenvalue weighted by molar-refractivity contribution is 0.329. The highest BCUT2D eigenvalue weighted by molar-refractivity contribution is 7.98. The second-order valence-electron chi connectivity index (χ2n) is 4.21. The minimum absolute atomic E-state index is 0.0847. The Bertz CT molecular complexity index is 510. The first-order valence-corrected chi connectivity index (χ1v) is 7.88. The molecule has 1 atom stereocenters. The average Bonchev–Trinajstić information content (AvgIpc) is 2.68. The lowest BCUT2D eigenvalue weighted by atomic mass is 10.0. The standard InChI is InChI=1S/C8H14N4O2S2/c1-8(3-4-16(13,14)5-8)12-6(9)10-7(11-12)15-2/h3-5H2,1-2H3,(H2,9,10,11).